The van der Waals surface area contributed by atoms with Gasteiger partial charge in [-0.1, -0.05) is 6.07 Å². The Balaban J connectivity index is 2.35. The molecule has 4 nitrogen and oxygen atoms in total. The van der Waals surface area contributed by atoms with Crippen LogP contribution in [0.25, 0.3) is 11.4 Å². The van der Waals surface area contributed by atoms with Gasteiger partial charge in [-0.2, -0.15) is 0 Å². The van der Waals surface area contributed by atoms with E-state index in [-0.39, 0.29) is 11.4 Å². The smallest absolute Gasteiger partial charge is 0.252 e. The number of thiol groups is 1. The number of hydrogen-bond acceptors (Lipinski definition) is 4. The number of carbonyl (C=O) groups excluding carboxylic acids is 1. The number of nitrogens with one attached hydrogen (secondary N) is 1. The average molecular weight is 315 g/mol. The lowest BCUT2D eigenvalue weighted by Gasteiger charge is -2.21. The van der Waals surface area contributed by atoms with E-state index in [0.717, 1.165) is 17.0 Å². The number of aromatic nitrogens is 2. The zero-order valence-corrected chi connectivity index (χ0v) is 14.5. The molecular weight excluding hydrogens is 294 g/mol. The van der Waals surface area contributed by atoms with Gasteiger partial charge in [0.15, 0.2) is 5.82 Å². The zero-order valence-electron chi connectivity index (χ0n) is 13.6. The van der Waals surface area contributed by atoms with E-state index >= 15 is 0 Å². The highest BCUT2D eigenvalue weighted by Crippen LogP contribution is 2.23. The fourth-order valence-corrected chi connectivity index (χ4v) is 2.44. The fourth-order valence-electron chi connectivity index (χ4n) is 2.13. The summed E-state index contributed by atoms with van der Waals surface area (Å²) in [6.45, 7) is 9.71. The van der Waals surface area contributed by atoms with Crippen LogP contribution in [0.15, 0.2) is 29.2 Å². The minimum Gasteiger partial charge on any atom is -0.347 e. The van der Waals surface area contributed by atoms with Crippen LogP contribution in [0.3, 0.4) is 0 Å². The molecule has 2 aromatic rings. The Kier molecular flexibility index (Phi) is 4.56. The second kappa shape index (κ2) is 6.08. The van der Waals surface area contributed by atoms with E-state index in [0.29, 0.717) is 16.3 Å². The summed E-state index contributed by atoms with van der Waals surface area (Å²) in [6.07, 6.45) is 0. The van der Waals surface area contributed by atoms with Crippen molar-refractivity contribution in [1.29, 1.82) is 0 Å². The first kappa shape index (κ1) is 16.5. The highest BCUT2D eigenvalue weighted by molar-refractivity contribution is 7.80. The summed E-state index contributed by atoms with van der Waals surface area (Å²) in [7, 11) is 0. The molecule has 2 rings (SSSR count). The van der Waals surface area contributed by atoms with Gasteiger partial charge in [-0.3, -0.25) is 4.79 Å². The summed E-state index contributed by atoms with van der Waals surface area (Å²) in [5, 5.41) is 2.93. The van der Waals surface area contributed by atoms with Gasteiger partial charge in [0.1, 0.15) is 0 Å². The molecule has 0 unspecified atom stereocenters. The maximum Gasteiger partial charge on any atom is 0.252 e. The molecule has 1 N–H and O–H groups in total. The van der Waals surface area contributed by atoms with E-state index in [9.17, 15) is 4.79 Å². The fraction of sp³-hybridized carbons (Fsp3) is 0.353. The molecule has 1 aromatic heterocycles. The monoisotopic (exact) mass is 315 g/mol. The van der Waals surface area contributed by atoms with E-state index in [1.165, 1.54) is 0 Å². The molecule has 0 atom stereocenters. The first-order valence-electron chi connectivity index (χ1n) is 7.14. The maximum absolute atomic E-state index is 12.2. The lowest BCUT2D eigenvalue weighted by atomic mass is 10.1. The van der Waals surface area contributed by atoms with Gasteiger partial charge in [0, 0.05) is 27.4 Å². The third-order valence-corrected chi connectivity index (χ3v) is 3.34. The van der Waals surface area contributed by atoms with Crippen LogP contribution >= 0.6 is 12.6 Å². The molecule has 0 fully saturated rings. The summed E-state index contributed by atoms with van der Waals surface area (Å²) in [5.41, 5.74) is 2.94. The quantitative estimate of drug-likeness (QED) is 0.833. The van der Waals surface area contributed by atoms with Crippen molar-refractivity contribution in [2.24, 2.45) is 0 Å². The van der Waals surface area contributed by atoms with Gasteiger partial charge in [0.05, 0.1) is 5.56 Å². The Morgan fingerprint density at radius 2 is 1.68 bits per heavy atom. The molecule has 116 valence electrons. The van der Waals surface area contributed by atoms with E-state index < -0.39 is 0 Å². The van der Waals surface area contributed by atoms with Gasteiger partial charge < -0.3 is 5.32 Å². The summed E-state index contributed by atoms with van der Waals surface area (Å²) >= 11 is 4.44. The molecule has 0 bridgehead atoms. The molecule has 0 aliphatic heterocycles. The molecule has 0 saturated heterocycles. The van der Waals surface area contributed by atoms with Crippen LogP contribution in [0.4, 0.5) is 0 Å². The molecule has 1 amide bonds. The Morgan fingerprint density at radius 1 is 1.09 bits per heavy atom. The van der Waals surface area contributed by atoms with E-state index in [2.05, 4.69) is 27.9 Å². The lowest BCUT2D eigenvalue weighted by molar-refractivity contribution is 0.0916. The lowest BCUT2D eigenvalue weighted by Crippen LogP contribution is -2.40. The highest BCUT2D eigenvalue weighted by atomic mass is 32.1. The standard InChI is InChI=1S/C17H21N3OS/c1-10-8-11(2)19-15(18-10)12-6-7-13(14(22)9-12)16(21)20-17(3,4)5/h6-9,22H,1-5H3,(H,20,21). The summed E-state index contributed by atoms with van der Waals surface area (Å²) in [5.74, 6) is 0.515. The predicted octanol–water partition coefficient (Wildman–Crippen LogP) is 3.58. The van der Waals surface area contributed by atoms with Crippen LogP contribution in [0.2, 0.25) is 0 Å². The number of aryl methyl sites for hydroxylation is 2. The van der Waals surface area contributed by atoms with Gasteiger partial charge in [-0.15, -0.1) is 12.6 Å². The Labute approximate surface area is 136 Å². The van der Waals surface area contributed by atoms with Gasteiger partial charge in [-0.25, -0.2) is 9.97 Å². The largest absolute Gasteiger partial charge is 0.347 e. The zero-order chi connectivity index (χ0) is 16.5. The first-order chi connectivity index (χ1) is 10.2. The normalized spacial score (nSPS) is 11.4. The van der Waals surface area contributed by atoms with Gasteiger partial charge in [-0.05, 0) is 52.8 Å². The molecule has 0 radical (unpaired) electrons. The van der Waals surface area contributed by atoms with E-state index in [4.69, 9.17) is 0 Å². The van der Waals surface area contributed by atoms with Crippen LogP contribution in [0, 0.1) is 13.8 Å². The van der Waals surface area contributed by atoms with Crippen molar-refractivity contribution in [2.75, 3.05) is 0 Å². The SMILES string of the molecule is Cc1cc(C)nc(-c2ccc(C(=O)NC(C)(C)C)c(S)c2)n1. The summed E-state index contributed by atoms with van der Waals surface area (Å²) in [4.78, 5) is 21.7. The van der Waals surface area contributed by atoms with Crippen molar-refractivity contribution in [3.05, 3.63) is 41.2 Å². The topological polar surface area (TPSA) is 54.9 Å². The number of carbonyl (C=O) groups is 1. The molecule has 22 heavy (non-hydrogen) atoms. The van der Waals surface area contributed by atoms with Crippen LogP contribution < -0.4 is 5.32 Å². The molecule has 5 heteroatoms. The number of rotatable bonds is 2. The molecule has 0 aliphatic rings. The second-order valence-corrected chi connectivity index (χ2v) is 6.89. The van der Waals surface area contributed by atoms with Crippen molar-refractivity contribution in [3.8, 4) is 11.4 Å². The van der Waals surface area contributed by atoms with Crippen LogP contribution in [0.5, 0.6) is 0 Å². The first-order valence-corrected chi connectivity index (χ1v) is 7.58. The number of benzene rings is 1. The second-order valence-electron chi connectivity index (χ2n) is 6.41. The third-order valence-electron chi connectivity index (χ3n) is 2.97. The Bertz CT molecular complexity index is 700. The van der Waals surface area contributed by atoms with Gasteiger partial charge in [0.2, 0.25) is 0 Å². The number of amides is 1. The van der Waals surface area contributed by atoms with Gasteiger partial charge in [0.25, 0.3) is 5.91 Å². The van der Waals surface area contributed by atoms with Crippen molar-refractivity contribution in [1.82, 2.24) is 15.3 Å². The summed E-state index contributed by atoms with van der Waals surface area (Å²) < 4.78 is 0. The van der Waals surface area contributed by atoms with Crippen LogP contribution in [-0.4, -0.2) is 21.4 Å². The third kappa shape index (κ3) is 4.07. The van der Waals surface area contributed by atoms with Crippen molar-refractivity contribution >= 4 is 18.5 Å². The van der Waals surface area contributed by atoms with E-state index in [1.807, 2.05) is 52.8 Å². The molecule has 0 aliphatic carbocycles. The highest BCUT2D eigenvalue weighted by Gasteiger charge is 2.17. The van der Waals surface area contributed by atoms with Gasteiger partial charge >= 0.3 is 0 Å². The molecule has 1 aromatic carbocycles. The molecular formula is C17H21N3OS. The minimum absolute atomic E-state index is 0.134. The Hall–Kier alpha value is -1.88. The van der Waals surface area contributed by atoms with Crippen molar-refractivity contribution in [3.63, 3.8) is 0 Å². The average Bonchev–Trinajstić information content (AvgIpc) is 2.35. The van der Waals surface area contributed by atoms with Crippen LogP contribution in [-0.2, 0) is 0 Å². The minimum atomic E-state index is -0.285. The van der Waals surface area contributed by atoms with Crippen LogP contribution in [0.1, 0.15) is 42.5 Å². The molecule has 1 heterocycles. The number of hydrogen-bond donors (Lipinski definition) is 2. The van der Waals surface area contributed by atoms with Crippen molar-refractivity contribution in [2.45, 2.75) is 45.1 Å². The van der Waals surface area contributed by atoms with E-state index in [1.54, 1.807) is 6.07 Å². The maximum atomic E-state index is 12.2. The summed E-state index contributed by atoms with van der Waals surface area (Å²) in [6, 6.07) is 7.37. The predicted molar refractivity (Wildman–Crippen MR) is 91.4 cm³/mol. The Morgan fingerprint density at radius 3 is 2.18 bits per heavy atom. The number of nitrogens with zero attached hydrogens (tertiary/aromatic N) is 2. The van der Waals surface area contributed by atoms with Crippen molar-refractivity contribution < 1.29 is 4.79 Å². The molecule has 0 spiro atoms. The molecule has 0 saturated carbocycles.